The Balaban J connectivity index is 2.75. The van der Waals surface area contributed by atoms with Gasteiger partial charge in [-0.1, -0.05) is 19.4 Å². The minimum Gasteiger partial charge on any atom is -0.463 e. The molecule has 0 aromatic rings. The molecule has 0 heterocycles. The lowest BCUT2D eigenvalue weighted by molar-refractivity contribution is -0.138. The van der Waals surface area contributed by atoms with Crippen molar-refractivity contribution in [3.05, 3.63) is 11.1 Å². The summed E-state index contributed by atoms with van der Waals surface area (Å²) in [5, 5.41) is 0. The van der Waals surface area contributed by atoms with Crippen molar-refractivity contribution >= 4 is 5.97 Å². The van der Waals surface area contributed by atoms with Gasteiger partial charge in [0.25, 0.3) is 0 Å². The molecule has 0 saturated heterocycles. The second kappa shape index (κ2) is 4.45. The van der Waals surface area contributed by atoms with Crippen LogP contribution in [0.5, 0.6) is 0 Å². The molecule has 0 radical (unpaired) electrons. The third-order valence-electron chi connectivity index (χ3n) is 2.48. The maximum absolute atomic E-state index is 11.5. The van der Waals surface area contributed by atoms with Gasteiger partial charge in [-0.2, -0.15) is 0 Å². The van der Waals surface area contributed by atoms with Crippen LogP contribution in [0.25, 0.3) is 0 Å². The van der Waals surface area contributed by atoms with Gasteiger partial charge in [0.2, 0.25) is 0 Å². The van der Waals surface area contributed by atoms with Gasteiger partial charge < -0.3 is 4.74 Å². The molecule has 1 aliphatic carbocycles. The van der Waals surface area contributed by atoms with Crippen LogP contribution in [0, 0.1) is 5.92 Å². The number of ether oxygens (including phenoxy) is 1. The van der Waals surface area contributed by atoms with Gasteiger partial charge in [0, 0.05) is 5.57 Å². The topological polar surface area (TPSA) is 26.3 Å². The zero-order valence-electron chi connectivity index (χ0n) is 8.72. The van der Waals surface area contributed by atoms with Crippen molar-refractivity contribution in [3.63, 3.8) is 0 Å². The summed E-state index contributed by atoms with van der Waals surface area (Å²) in [6, 6.07) is 0. The summed E-state index contributed by atoms with van der Waals surface area (Å²) in [4.78, 5) is 11.5. The summed E-state index contributed by atoms with van der Waals surface area (Å²) in [6.45, 7) is 6.61. The Kier molecular flexibility index (Phi) is 3.52. The Bertz CT molecular complexity index is 226. The van der Waals surface area contributed by atoms with Gasteiger partial charge in [0.1, 0.15) is 0 Å². The van der Waals surface area contributed by atoms with Crippen molar-refractivity contribution < 1.29 is 9.53 Å². The van der Waals surface area contributed by atoms with Crippen LogP contribution >= 0.6 is 0 Å². The maximum atomic E-state index is 11.5. The van der Waals surface area contributed by atoms with E-state index in [1.807, 2.05) is 6.92 Å². The smallest absolute Gasteiger partial charge is 0.333 e. The number of hydrogen-bond donors (Lipinski definition) is 0. The lowest BCUT2D eigenvalue weighted by atomic mass is 9.99. The maximum Gasteiger partial charge on any atom is 0.333 e. The molecule has 1 aliphatic rings. The Hall–Kier alpha value is -0.790. The van der Waals surface area contributed by atoms with E-state index in [0.717, 1.165) is 24.8 Å². The molecule has 0 amide bonds. The highest BCUT2D eigenvalue weighted by molar-refractivity contribution is 5.90. The molecule has 2 heteroatoms. The number of esters is 1. The van der Waals surface area contributed by atoms with E-state index >= 15 is 0 Å². The van der Waals surface area contributed by atoms with Crippen LogP contribution in [0.4, 0.5) is 0 Å². The number of hydrogen-bond acceptors (Lipinski definition) is 2. The predicted octanol–water partition coefficient (Wildman–Crippen LogP) is 2.69. The molecule has 0 aromatic heterocycles. The van der Waals surface area contributed by atoms with Crippen molar-refractivity contribution in [3.8, 4) is 0 Å². The molecule has 74 valence electrons. The van der Waals surface area contributed by atoms with Crippen LogP contribution in [0.15, 0.2) is 11.1 Å². The number of rotatable bonds is 3. The van der Waals surface area contributed by atoms with Gasteiger partial charge in [-0.05, 0) is 32.1 Å². The Morgan fingerprint density at radius 2 is 2.15 bits per heavy atom. The molecule has 13 heavy (non-hydrogen) atoms. The van der Waals surface area contributed by atoms with Crippen molar-refractivity contribution in [2.24, 2.45) is 5.92 Å². The summed E-state index contributed by atoms with van der Waals surface area (Å²) in [6.07, 6.45) is 3.10. The van der Waals surface area contributed by atoms with Crippen LogP contribution in [-0.2, 0) is 9.53 Å². The third-order valence-corrected chi connectivity index (χ3v) is 2.48. The molecule has 0 saturated carbocycles. The largest absolute Gasteiger partial charge is 0.463 e. The molecule has 0 aromatic carbocycles. The van der Waals surface area contributed by atoms with E-state index < -0.39 is 0 Å². The van der Waals surface area contributed by atoms with Crippen molar-refractivity contribution in [1.29, 1.82) is 0 Å². The zero-order chi connectivity index (χ0) is 9.84. The van der Waals surface area contributed by atoms with Gasteiger partial charge in [-0.15, -0.1) is 0 Å². The summed E-state index contributed by atoms with van der Waals surface area (Å²) in [5.74, 6) is 0.394. The minimum atomic E-state index is -0.0938. The molecule has 2 nitrogen and oxygen atoms in total. The van der Waals surface area contributed by atoms with Crippen LogP contribution in [0.1, 0.15) is 40.0 Å². The first-order chi connectivity index (χ1) is 6.16. The lowest BCUT2D eigenvalue weighted by Crippen LogP contribution is -2.09. The predicted molar refractivity (Wildman–Crippen MR) is 52.3 cm³/mol. The van der Waals surface area contributed by atoms with Crippen molar-refractivity contribution in [2.75, 3.05) is 6.61 Å². The quantitative estimate of drug-likeness (QED) is 0.627. The summed E-state index contributed by atoms with van der Waals surface area (Å²) in [7, 11) is 0. The Labute approximate surface area is 80.0 Å². The first-order valence-electron chi connectivity index (χ1n) is 5.05. The van der Waals surface area contributed by atoms with Gasteiger partial charge in [-0.25, -0.2) is 4.79 Å². The van der Waals surface area contributed by atoms with Crippen LogP contribution in [0.2, 0.25) is 0 Å². The van der Waals surface area contributed by atoms with E-state index in [4.69, 9.17) is 4.74 Å². The molecule has 0 spiro atoms. The molecule has 0 unspecified atom stereocenters. The Morgan fingerprint density at radius 1 is 1.46 bits per heavy atom. The number of carbonyl (C=O) groups excluding carboxylic acids is 1. The first-order valence-corrected chi connectivity index (χ1v) is 5.05. The highest BCUT2D eigenvalue weighted by Gasteiger charge is 2.23. The average Bonchev–Trinajstić information content (AvgIpc) is 2.52. The van der Waals surface area contributed by atoms with E-state index in [2.05, 4.69) is 13.8 Å². The Morgan fingerprint density at radius 3 is 2.69 bits per heavy atom. The summed E-state index contributed by atoms with van der Waals surface area (Å²) < 4.78 is 5.01. The standard InChI is InChI=1S/C11H18O2/c1-4-13-11(12)10-7-5-6-9(10)8(2)3/h8H,4-7H2,1-3H3. The molecular formula is C11H18O2. The number of carbonyl (C=O) groups is 1. The molecule has 1 rings (SSSR count). The highest BCUT2D eigenvalue weighted by atomic mass is 16.5. The minimum absolute atomic E-state index is 0.0938. The second-order valence-electron chi connectivity index (χ2n) is 3.73. The van der Waals surface area contributed by atoms with Gasteiger partial charge in [-0.3, -0.25) is 0 Å². The molecule has 0 fully saturated rings. The highest BCUT2D eigenvalue weighted by Crippen LogP contribution is 2.31. The van der Waals surface area contributed by atoms with Crippen LogP contribution in [0.3, 0.4) is 0 Å². The molecular weight excluding hydrogens is 164 g/mol. The van der Waals surface area contributed by atoms with Crippen LogP contribution in [-0.4, -0.2) is 12.6 Å². The fourth-order valence-corrected chi connectivity index (χ4v) is 1.86. The van der Waals surface area contributed by atoms with Crippen LogP contribution < -0.4 is 0 Å². The third kappa shape index (κ3) is 2.33. The van der Waals surface area contributed by atoms with Crippen molar-refractivity contribution in [2.45, 2.75) is 40.0 Å². The van der Waals surface area contributed by atoms with Gasteiger partial charge >= 0.3 is 5.97 Å². The monoisotopic (exact) mass is 182 g/mol. The fraction of sp³-hybridized carbons (Fsp3) is 0.727. The van der Waals surface area contributed by atoms with E-state index in [1.165, 1.54) is 5.57 Å². The normalized spacial score (nSPS) is 16.9. The molecule has 0 N–H and O–H groups in total. The van der Waals surface area contributed by atoms with E-state index in [1.54, 1.807) is 0 Å². The fourth-order valence-electron chi connectivity index (χ4n) is 1.86. The molecule has 0 bridgehead atoms. The lowest BCUT2D eigenvalue weighted by Gasteiger charge is -2.09. The molecule has 0 atom stereocenters. The zero-order valence-corrected chi connectivity index (χ0v) is 8.72. The SMILES string of the molecule is CCOC(=O)C1=C(C(C)C)CCC1. The van der Waals surface area contributed by atoms with E-state index in [0.29, 0.717) is 12.5 Å². The van der Waals surface area contributed by atoms with Gasteiger partial charge in [0.15, 0.2) is 0 Å². The average molecular weight is 182 g/mol. The van der Waals surface area contributed by atoms with Crippen molar-refractivity contribution in [1.82, 2.24) is 0 Å². The van der Waals surface area contributed by atoms with Gasteiger partial charge in [0.05, 0.1) is 6.61 Å². The number of allylic oxidation sites excluding steroid dienone is 1. The summed E-state index contributed by atoms with van der Waals surface area (Å²) in [5.41, 5.74) is 2.25. The summed E-state index contributed by atoms with van der Waals surface area (Å²) >= 11 is 0. The second-order valence-corrected chi connectivity index (χ2v) is 3.73. The van der Waals surface area contributed by atoms with E-state index in [-0.39, 0.29) is 5.97 Å². The van der Waals surface area contributed by atoms with E-state index in [9.17, 15) is 4.79 Å². The first kappa shape index (κ1) is 10.3. The molecule has 0 aliphatic heterocycles.